The zero-order valence-corrected chi connectivity index (χ0v) is 14.2. The van der Waals surface area contributed by atoms with Gasteiger partial charge in [-0.1, -0.05) is 6.07 Å². The molecule has 25 heavy (non-hydrogen) atoms. The third-order valence-electron chi connectivity index (χ3n) is 3.65. The van der Waals surface area contributed by atoms with Gasteiger partial charge in [-0.25, -0.2) is 0 Å². The van der Waals surface area contributed by atoms with Gasteiger partial charge in [0.2, 0.25) is 5.89 Å². The average molecular weight is 352 g/mol. The maximum Gasteiger partial charge on any atom is 0.281 e. The minimum Gasteiger partial charge on any atom is -0.411 e. The highest BCUT2D eigenvalue weighted by atomic mass is 32.2. The summed E-state index contributed by atoms with van der Waals surface area (Å²) in [5.41, 5.74) is 3.15. The lowest BCUT2D eigenvalue weighted by Gasteiger charge is -2.01. The zero-order valence-electron chi connectivity index (χ0n) is 13.4. The molecule has 8 heteroatoms. The molecule has 1 aromatic heterocycles. The van der Waals surface area contributed by atoms with Crippen LogP contribution in [-0.2, 0) is 0 Å². The Labute approximate surface area is 147 Å². The highest BCUT2D eigenvalue weighted by Crippen LogP contribution is 2.33. The minimum atomic E-state index is -0.542. The minimum absolute atomic E-state index is 0.137. The molecule has 2 aromatic carbocycles. The van der Waals surface area contributed by atoms with Crippen molar-refractivity contribution in [3.63, 3.8) is 0 Å². The van der Waals surface area contributed by atoms with Gasteiger partial charge in [-0.2, -0.15) is 5.26 Å². The van der Waals surface area contributed by atoms with Crippen LogP contribution in [0.5, 0.6) is 0 Å². The second kappa shape index (κ2) is 6.75. The van der Waals surface area contributed by atoms with Crippen LogP contribution in [0.15, 0.2) is 50.9 Å². The number of aromatic nitrogens is 2. The van der Waals surface area contributed by atoms with Gasteiger partial charge in [0.15, 0.2) is 0 Å². The maximum atomic E-state index is 10.8. The highest BCUT2D eigenvalue weighted by molar-refractivity contribution is 7.99. The average Bonchev–Trinajstić information content (AvgIpc) is 3.06. The van der Waals surface area contributed by atoms with E-state index in [4.69, 9.17) is 4.42 Å². The van der Waals surface area contributed by atoms with Gasteiger partial charge in [0.1, 0.15) is 6.07 Å². The first-order valence-corrected chi connectivity index (χ1v) is 8.07. The number of aryl methyl sites for hydroxylation is 2. The summed E-state index contributed by atoms with van der Waals surface area (Å²) in [6.07, 6.45) is 0. The highest BCUT2D eigenvalue weighted by Gasteiger charge is 2.15. The Morgan fingerprint density at radius 3 is 2.64 bits per heavy atom. The predicted molar refractivity (Wildman–Crippen MR) is 91.1 cm³/mol. The van der Waals surface area contributed by atoms with Crippen molar-refractivity contribution in [3.8, 4) is 17.5 Å². The van der Waals surface area contributed by atoms with Crippen molar-refractivity contribution in [2.75, 3.05) is 0 Å². The summed E-state index contributed by atoms with van der Waals surface area (Å²) in [4.78, 5) is 10.8. The third-order valence-corrected chi connectivity index (χ3v) is 4.57. The third kappa shape index (κ3) is 3.51. The summed E-state index contributed by atoms with van der Waals surface area (Å²) in [6, 6.07) is 11.9. The normalized spacial score (nSPS) is 10.4. The van der Waals surface area contributed by atoms with Crippen LogP contribution in [0.2, 0.25) is 0 Å². The van der Waals surface area contributed by atoms with E-state index in [1.807, 2.05) is 38.1 Å². The molecule has 0 saturated carbocycles. The van der Waals surface area contributed by atoms with Crippen molar-refractivity contribution >= 4 is 17.4 Å². The molecule has 0 amide bonds. The van der Waals surface area contributed by atoms with Crippen molar-refractivity contribution in [2.45, 2.75) is 24.0 Å². The van der Waals surface area contributed by atoms with Crippen molar-refractivity contribution < 1.29 is 9.34 Å². The van der Waals surface area contributed by atoms with Gasteiger partial charge in [0.05, 0.1) is 10.5 Å². The number of rotatable bonds is 4. The number of hydrogen-bond donors (Lipinski definition) is 0. The van der Waals surface area contributed by atoms with Crippen molar-refractivity contribution in [1.82, 2.24) is 10.2 Å². The van der Waals surface area contributed by atoms with Crippen LogP contribution < -0.4 is 0 Å². The summed E-state index contributed by atoms with van der Waals surface area (Å²) in [5.74, 6) is 0.381. The number of nitro groups is 1. The Morgan fingerprint density at radius 1 is 1.16 bits per heavy atom. The number of hydrogen-bond acceptors (Lipinski definition) is 7. The summed E-state index contributed by atoms with van der Waals surface area (Å²) >= 11 is 1.10. The molecular weight excluding hydrogens is 340 g/mol. The van der Waals surface area contributed by atoms with E-state index in [1.165, 1.54) is 23.8 Å². The van der Waals surface area contributed by atoms with Crippen LogP contribution in [-0.4, -0.2) is 15.1 Å². The van der Waals surface area contributed by atoms with E-state index in [1.54, 1.807) is 0 Å². The van der Waals surface area contributed by atoms with Gasteiger partial charge in [-0.3, -0.25) is 10.1 Å². The van der Waals surface area contributed by atoms with Gasteiger partial charge in [0.25, 0.3) is 10.9 Å². The molecule has 0 fully saturated rings. The van der Waals surface area contributed by atoms with E-state index >= 15 is 0 Å². The number of nitro benzene ring substituents is 1. The molecule has 7 nitrogen and oxygen atoms in total. The van der Waals surface area contributed by atoms with Crippen LogP contribution >= 0.6 is 11.8 Å². The Balaban J connectivity index is 1.88. The van der Waals surface area contributed by atoms with E-state index in [9.17, 15) is 15.4 Å². The molecule has 124 valence electrons. The van der Waals surface area contributed by atoms with Crippen molar-refractivity contribution in [2.24, 2.45) is 0 Å². The quantitative estimate of drug-likeness (QED) is 0.509. The number of nitrogens with zero attached hydrogens (tertiary/aromatic N) is 4. The molecule has 0 aliphatic rings. The molecule has 1 heterocycles. The number of benzene rings is 2. The van der Waals surface area contributed by atoms with E-state index in [0.717, 1.165) is 22.9 Å². The predicted octanol–water partition coefficient (Wildman–Crippen LogP) is 4.28. The number of non-ortho nitro benzene ring substituents is 1. The summed E-state index contributed by atoms with van der Waals surface area (Å²) in [7, 11) is 0. The zero-order chi connectivity index (χ0) is 18.0. The molecule has 0 spiro atoms. The van der Waals surface area contributed by atoms with Gasteiger partial charge in [0, 0.05) is 22.6 Å². The summed E-state index contributed by atoms with van der Waals surface area (Å²) in [5, 5.41) is 28.3. The molecule has 0 atom stereocenters. The molecule has 0 bridgehead atoms. The molecule has 0 N–H and O–H groups in total. The smallest absolute Gasteiger partial charge is 0.281 e. The van der Waals surface area contributed by atoms with Gasteiger partial charge in [-0.15, -0.1) is 10.2 Å². The monoisotopic (exact) mass is 352 g/mol. The first-order valence-electron chi connectivity index (χ1n) is 7.25. The molecule has 0 aliphatic heterocycles. The SMILES string of the molecule is Cc1ccc(-c2nnc(Sc3ccc([N+](=O)[O-])cc3C#N)o2)cc1C. The van der Waals surface area contributed by atoms with E-state index < -0.39 is 4.92 Å². The summed E-state index contributed by atoms with van der Waals surface area (Å²) in [6.45, 7) is 4.02. The topological polar surface area (TPSA) is 106 Å². The van der Waals surface area contributed by atoms with Gasteiger partial charge < -0.3 is 4.42 Å². The Kier molecular flexibility index (Phi) is 4.50. The Morgan fingerprint density at radius 2 is 1.96 bits per heavy atom. The largest absolute Gasteiger partial charge is 0.411 e. The molecule has 3 rings (SSSR count). The second-order valence-electron chi connectivity index (χ2n) is 5.32. The van der Waals surface area contributed by atoms with E-state index in [0.29, 0.717) is 10.8 Å². The van der Waals surface area contributed by atoms with Crippen molar-refractivity contribution in [3.05, 3.63) is 63.2 Å². The lowest BCUT2D eigenvalue weighted by Crippen LogP contribution is -1.90. The second-order valence-corrected chi connectivity index (χ2v) is 6.32. The van der Waals surface area contributed by atoms with Crippen molar-refractivity contribution in [1.29, 1.82) is 5.26 Å². The molecule has 0 saturated heterocycles. The van der Waals surface area contributed by atoms with Gasteiger partial charge in [-0.05, 0) is 54.9 Å². The van der Waals surface area contributed by atoms with E-state index in [-0.39, 0.29) is 16.5 Å². The van der Waals surface area contributed by atoms with Gasteiger partial charge >= 0.3 is 0 Å². The van der Waals surface area contributed by atoms with E-state index in [2.05, 4.69) is 10.2 Å². The number of nitriles is 1. The standard InChI is InChI=1S/C17H12N4O3S/c1-10-3-4-12(7-11(10)2)16-19-20-17(24-16)25-15-6-5-14(21(22)23)8-13(15)9-18/h3-8H,1-2H3. The Hall–Kier alpha value is -3.18. The fourth-order valence-corrected chi connectivity index (χ4v) is 2.89. The van der Waals surface area contributed by atoms with Crippen LogP contribution in [0, 0.1) is 35.3 Å². The molecular formula is C17H12N4O3S. The fraction of sp³-hybridized carbons (Fsp3) is 0.118. The molecule has 0 aliphatic carbocycles. The molecule has 0 radical (unpaired) electrons. The lowest BCUT2D eigenvalue weighted by atomic mass is 10.1. The molecule has 3 aromatic rings. The van der Waals surface area contributed by atoms with Crippen LogP contribution in [0.4, 0.5) is 5.69 Å². The lowest BCUT2D eigenvalue weighted by molar-refractivity contribution is -0.384. The first-order chi connectivity index (χ1) is 12.0. The first kappa shape index (κ1) is 16.7. The Bertz CT molecular complexity index is 1010. The maximum absolute atomic E-state index is 10.8. The summed E-state index contributed by atoms with van der Waals surface area (Å²) < 4.78 is 5.64. The van der Waals surface area contributed by atoms with Crippen LogP contribution in [0.3, 0.4) is 0 Å². The van der Waals surface area contributed by atoms with Crippen LogP contribution in [0.1, 0.15) is 16.7 Å². The fourth-order valence-electron chi connectivity index (χ4n) is 2.14. The van der Waals surface area contributed by atoms with Crippen LogP contribution in [0.25, 0.3) is 11.5 Å². The molecule has 0 unspecified atom stereocenters.